The van der Waals surface area contributed by atoms with Gasteiger partial charge in [-0.1, -0.05) is 79.4 Å². The van der Waals surface area contributed by atoms with Gasteiger partial charge in [-0.25, -0.2) is 0 Å². The van der Waals surface area contributed by atoms with Gasteiger partial charge in [-0.15, -0.1) is 0 Å². The molecule has 120 valence electrons. The molecule has 0 bridgehead atoms. The summed E-state index contributed by atoms with van der Waals surface area (Å²) in [5.74, 6) is 1.30. The van der Waals surface area contributed by atoms with Crippen molar-refractivity contribution in [3.05, 3.63) is 107 Å². The van der Waals surface area contributed by atoms with Crippen LogP contribution in [0.25, 0.3) is 0 Å². The Morgan fingerprint density at radius 1 is 0.708 bits per heavy atom. The van der Waals surface area contributed by atoms with Gasteiger partial charge >= 0.3 is 0 Å². The summed E-state index contributed by atoms with van der Waals surface area (Å²) >= 11 is 0. The molecule has 0 saturated carbocycles. The second kappa shape index (κ2) is 6.65. The lowest BCUT2D eigenvalue weighted by Crippen LogP contribution is -2.23. The van der Waals surface area contributed by atoms with Crippen LogP contribution in [-0.2, 0) is 12.8 Å². The van der Waals surface area contributed by atoms with E-state index in [2.05, 4.69) is 79.4 Å². The second-order valence-corrected chi connectivity index (χ2v) is 7.04. The molecule has 0 amide bonds. The molecule has 0 saturated heterocycles. The highest BCUT2D eigenvalue weighted by Gasteiger charge is 2.30. The molecule has 0 spiro atoms. The van der Waals surface area contributed by atoms with Gasteiger partial charge in [0.25, 0.3) is 0 Å². The molecule has 0 aliphatic heterocycles. The lowest BCUT2D eigenvalue weighted by atomic mass is 9.69. The van der Waals surface area contributed by atoms with E-state index in [0.717, 1.165) is 12.8 Å². The molecule has 0 nitrogen and oxygen atoms in total. The van der Waals surface area contributed by atoms with E-state index >= 15 is 0 Å². The molecule has 2 aliphatic rings. The summed E-state index contributed by atoms with van der Waals surface area (Å²) in [4.78, 5) is 0. The minimum absolute atomic E-state index is 0.652. The number of hydrogen-bond acceptors (Lipinski definition) is 0. The number of hydrogen-bond donors (Lipinski definition) is 0. The van der Waals surface area contributed by atoms with E-state index in [1.807, 2.05) is 0 Å². The number of rotatable bonds is 6. The van der Waals surface area contributed by atoms with Crippen LogP contribution < -0.4 is 0 Å². The third-order valence-electron chi connectivity index (χ3n) is 5.47. The van der Waals surface area contributed by atoms with Crippen molar-refractivity contribution in [2.24, 2.45) is 11.8 Å². The van der Waals surface area contributed by atoms with Gasteiger partial charge in [0.1, 0.15) is 0 Å². The van der Waals surface area contributed by atoms with Gasteiger partial charge in [0, 0.05) is 0 Å². The van der Waals surface area contributed by atoms with Gasteiger partial charge < -0.3 is 0 Å². The monoisotopic (exact) mass is 312 g/mol. The molecule has 4 rings (SSSR count). The van der Waals surface area contributed by atoms with E-state index in [4.69, 9.17) is 0 Å². The van der Waals surface area contributed by atoms with Gasteiger partial charge in [-0.3, -0.25) is 0 Å². The molecule has 2 atom stereocenters. The van der Waals surface area contributed by atoms with Crippen LogP contribution in [0.3, 0.4) is 0 Å². The zero-order valence-electron chi connectivity index (χ0n) is 14.1. The SMILES string of the molecule is C=C(C1=CCC1Cc1ccccc1)C1=CCC1Cc1ccccc1. The Morgan fingerprint density at radius 3 is 1.46 bits per heavy atom. The van der Waals surface area contributed by atoms with Gasteiger partial charge in [0.05, 0.1) is 0 Å². The molecule has 24 heavy (non-hydrogen) atoms. The summed E-state index contributed by atoms with van der Waals surface area (Å²) in [7, 11) is 0. The highest BCUT2D eigenvalue weighted by molar-refractivity contribution is 5.53. The van der Waals surface area contributed by atoms with E-state index in [9.17, 15) is 0 Å². The molecule has 2 aliphatic carbocycles. The smallest absolute Gasteiger partial charge is 0.00841 e. The Bertz CT molecular complexity index is 710. The van der Waals surface area contributed by atoms with Crippen LogP contribution in [0.5, 0.6) is 0 Å². The fourth-order valence-electron chi connectivity index (χ4n) is 3.89. The van der Waals surface area contributed by atoms with Crippen LogP contribution in [-0.4, -0.2) is 0 Å². The minimum atomic E-state index is 0.652. The lowest BCUT2D eigenvalue weighted by Gasteiger charge is -2.36. The molecule has 2 aromatic carbocycles. The third-order valence-corrected chi connectivity index (χ3v) is 5.47. The molecule has 0 N–H and O–H groups in total. The standard InChI is InChI=1S/C24H24/c1-18(23-14-12-21(23)16-19-8-4-2-5-9-19)24-15-13-22(24)17-20-10-6-3-7-11-20/h2-11,14-15,21-22H,1,12-13,16-17H2. The topological polar surface area (TPSA) is 0 Å². The van der Waals surface area contributed by atoms with Gasteiger partial charge in [-0.05, 0) is 65.4 Å². The quantitative estimate of drug-likeness (QED) is 0.621. The van der Waals surface area contributed by atoms with Crippen LogP contribution >= 0.6 is 0 Å². The van der Waals surface area contributed by atoms with E-state index in [1.54, 1.807) is 0 Å². The zero-order chi connectivity index (χ0) is 16.4. The van der Waals surface area contributed by atoms with Crippen LogP contribution in [0.4, 0.5) is 0 Å². The maximum Gasteiger partial charge on any atom is -0.00841 e. The summed E-state index contributed by atoms with van der Waals surface area (Å²) in [5, 5.41) is 0. The van der Waals surface area contributed by atoms with Crippen molar-refractivity contribution in [2.75, 3.05) is 0 Å². The summed E-state index contributed by atoms with van der Waals surface area (Å²) < 4.78 is 0. The molecule has 0 heterocycles. The molecule has 2 unspecified atom stereocenters. The fraction of sp³-hybridized carbons (Fsp3) is 0.250. The number of benzene rings is 2. The van der Waals surface area contributed by atoms with E-state index in [1.165, 1.54) is 40.7 Å². The Balaban J connectivity index is 1.39. The Kier molecular flexibility index (Phi) is 4.21. The Morgan fingerprint density at radius 2 is 1.12 bits per heavy atom. The highest BCUT2D eigenvalue weighted by Crippen LogP contribution is 2.44. The summed E-state index contributed by atoms with van der Waals surface area (Å²) in [6.07, 6.45) is 9.44. The third kappa shape index (κ3) is 3.01. The van der Waals surface area contributed by atoms with E-state index in [-0.39, 0.29) is 0 Å². The maximum atomic E-state index is 4.45. The average molecular weight is 312 g/mol. The lowest BCUT2D eigenvalue weighted by molar-refractivity contribution is 0.537. The van der Waals surface area contributed by atoms with E-state index in [0.29, 0.717) is 11.8 Å². The van der Waals surface area contributed by atoms with Crippen molar-refractivity contribution in [3.8, 4) is 0 Å². The molecule has 0 fully saturated rings. The van der Waals surface area contributed by atoms with E-state index < -0.39 is 0 Å². The van der Waals surface area contributed by atoms with Crippen molar-refractivity contribution in [2.45, 2.75) is 25.7 Å². The summed E-state index contributed by atoms with van der Waals surface area (Å²) in [6.45, 7) is 4.45. The second-order valence-electron chi connectivity index (χ2n) is 7.04. The van der Waals surface area contributed by atoms with Crippen molar-refractivity contribution in [1.82, 2.24) is 0 Å². The number of allylic oxidation sites excluding steroid dienone is 5. The molecule has 0 radical (unpaired) electrons. The van der Waals surface area contributed by atoms with Crippen molar-refractivity contribution < 1.29 is 0 Å². The highest BCUT2D eigenvalue weighted by atomic mass is 14.3. The van der Waals surface area contributed by atoms with Crippen LogP contribution in [0, 0.1) is 11.8 Å². The largest absolute Gasteiger partial charge is 0.0912 e. The van der Waals surface area contributed by atoms with Crippen LogP contribution in [0.2, 0.25) is 0 Å². The first-order chi connectivity index (χ1) is 11.8. The van der Waals surface area contributed by atoms with Crippen LogP contribution in [0.1, 0.15) is 24.0 Å². The predicted molar refractivity (Wildman–Crippen MR) is 102 cm³/mol. The first-order valence-corrected chi connectivity index (χ1v) is 8.99. The normalized spacial score (nSPS) is 22.0. The maximum absolute atomic E-state index is 4.45. The Labute approximate surface area is 145 Å². The molecule has 0 heteroatoms. The molecule has 0 aromatic heterocycles. The first kappa shape index (κ1) is 15.2. The van der Waals surface area contributed by atoms with Crippen molar-refractivity contribution in [3.63, 3.8) is 0 Å². The summed E-state index contributed by atoms with van der Waals surface area (Å²) in [5.41, 5.74) is 7.15. The van der Waals surface area contributed by atoms with Gasteiger partial charge in [0.15, 0.2) is 0 Å². The molecular weight excluding hydrogens is 288 g/mol. The average Bonchev–Trinajstić information content (AvgIpc) is 2.57. The van der Waals surface area contributed by atoms with Crippen LogP contribution in [0.15, 0.2) is 96.1 Å². The molecule has 2 aromatic rings. The zero-order valence-corrected chi connectivity index (χ0v) is 14.1. The minimum Gasteiger partial charge on any atom is -0.0912 e. The van der Waals surface area contributed by atoms with Gasteiger partial charge in [-0.2, -0.15) is 0 Å². The Hall–Kier alpha value is -2.34. The fourth-order valence-corrected chi connectivity index (χ4v) is 3.89. The van der Waals surface area contributed by atoms with Crippen molar-refractivity contribution >= 4 is 0 Å². The predicted octanol–water partition coefficient (Wildman–Crippen LogP) is 5.92. The summed E-state index contributed by atoms with van der Waals surface area (Å²) in [6, 6.07) is 21.7. The van der Waals surface area contributed by atoms with Gasteiger partial charge in [0.2, 0.25) is 0 Å². The van der Waals surface area contributed by atoms with Crippen molar-refractivity contribution in [1.29, 1.82) is 0 Å². The first-order valence-electron chi connectivity index (χ1n) is 8.99. The molecular formula is C24H24.